The van der Waals surface area contributed by atoms with Crippen molar-refractivity contribution in [3.63, 3.8) is 0 Å². The summed E-state index contributed by atoms with van der Waals surface area (Å²) >= 11 is 24.5. The van der Waals surface area contributed by atoms with Crippen molar-refractivity contribution in [2.24, 2.45) is 0 Å². The number of halogens is 4. The first-order valence-corrected chi connectivity index (χ1v) is 7.62. The maximum atomic E-state index is 6.18. The normalized spacial score (nSPS) is 12.4. The highest BCUT2D eigenvalue weighted by molar-refractivity contribution is 6.44. The topological polar surface area (TPSA) is 12.0 Å². The minimum absolute atomic E-state index is 0.0785. The van der Waals surface area contributed by atoms with Gasteiger partial charge in [-0.25, -0.2) is 0 Å². The van der Waals surface area contributed by atoms with Gasteiger partial charge in [0, 0.05) is 28.2 Å². The minimum atomic E-state index is 0.0785. The Labute approximate surface area is 138 Å². The molecule has 0 bridgehead atoms. The molecule has 2 aromatic rings. The quantitative estimate of drug-likeness (QED) is 0.653. The maximum absolute atomic E-state index is 6.18. The van der Waals surface area contributed by atoms with Crippen LogP contribution in [0.2, 0.25) is 20.1 Å². The van der Waals surface area contributed by atoms with Gasteiger partial charge in [0.2, 0.25) is 0 Å². The summed E-state index contributed by atoms with van der Waals surface area (Å²) in [6.07, 6.45) is 0. The second kappa shape index (κ2) is 7.02. The van der Waals surface area contributed by atoms with Gasteiger partial charge < -0.3 is 5.32 Å². The first kappa shape index (κ1) is 15.9. The van der Waals surface area contributed by atoms with Crippen LogP contribution >= 0.6 is 46.4 Å². The van der Waals surface area contributed by atoms with Crippen LogP contribution in [0.4, 0.5) is 0 Å². The van der Waals surface area contributed by atoms with Gasteiger partial charge in [0.25, 0.3) is 0 Å². The Balaban J connectivity index is 2.14. The fourth-order valence-corrected chi connectivity index (χ4v) is 2.90. The molecule has 1 unspecified atom stereocenters. The van der Waals surface area contributed by atoms with Gasteiger partial charge in [-0.1, -0.05) is 64.6 Å². The maximum Gasteiger partial charge on any atom is 0.0652 e. The summed E-state index contributed by atoms with van der Waals surface area (Å²) in [7, 11) is 0. The van der Waals surface area contributed by atoms with Gasteiger partial charge in [0.1, 0.15) is 0 Å². The molecule has 0 heterocycles. The van der Waals surface area contributed by atoms with E-state index in [2.05, 4.69) is 5.32 Å². The highest BCUT2D eigenvalue weighted by Crippen LogP contribution is 2.32. The van der Waals surface area contributed by atoms with Crippen LogP contribution in [0, 0.1) is 0 Å². The predicted octanol–water partition coefficient (Wildman–Crippen LogP) is 6.15. The Hall–Kier alpha value is -0.440. The lowest BCUT2D eigenvalue weighted by molar-refractivity contribution is 0.575. The number of hydrogen-bond donors (Lipinski definition) is 1. The molecule has 0 aliphatic heterocycles. The van der Waals surface area contributed by atoms with E-state index in [4.69, 9.17) is 46.4 Å². The molecule has 0 radical (unpaired) electrons. The molecular formula is C15H13Cl4N. The van der Waals surface area contributed by atoms with E-state index in [1.54, 1.807) is 12.1 Å². The standard InChI is InChI=1S/C15H13Cl4N/c1-9(10-4-2-3-5-12(10)16)20-8-11-13(17)6-7-14(18)15(11)19/h2-7,9,20H,8H2,1H3. The number of hydrogen-bond acceptors (Lipinski definition) is 1. The zero-order chi connectivity index (χ0) is 14.7. The van der Waals surface area contributed by atoms with Crippen molar-refractivity contribution in [3.8, 4) is 0 Å². The van der Waals surface area contributed by atoms with Gasteiger partial charge in [0.05, 0.1) is 10.0 Å². The summed E-state index contributed by atoms with van der Waals surface area (Å²) < 4.78 is 0. The Morgan fingerprint density at radius 2 is 1.55 bits per heavy atom. The lowest BCUT2D eigenvalue weighted by atomic mass is 10.1. The van der Waals surface area contributed by atoms with E-state index in [-0.39, 0.29) is 6.04 Å². The molecule has 1 nitrogen and oxygen atoms in total. The van der Waals surface area contributed by atoms with E-state index in [9.17, 15) is 0 Å². The number of nitrogens with one attached hydrogen (secondary N) is 1. The Morgan fingerprint density at radius 1 is 0.900 bits per heavy atom. The van der Waals surface area contributed by atoms with E-state index in [0.717, 1.165) is 16.1 Å². The molecule has 106 valence electrons. The van der Waals surface area contributed by atoms with E-state index >= 15 is 0 Å². The van der Waals surface area contributed by atoms with Crippen molar-refractivity contribution in [2.45, 2.75) is 19.5 Å². The minimum Gasteiger partial charge on any atom is -0.306 e. The first-order valence-electron chi connectivity index (χ1n) is 6.11. The number of rotatable bonds is 4. The molecule has 5 heteroatoms. The molecule has 20 heavy (non-hydrogen) atoms. The van der Waals surface area contributed by atoms with Crippen LogP contribution in [-0.4, -0.2) is 0 Å². The summed E-state index contributed by atoms with van der Waals surface area (Å²) in [6, 6.07) is 11.2. The van der Waals surface area contributed by atoms with Crippen molar-refractivity contribution >= 4 is 46.4 Å². The summed E-state index contributed by atoms with van der Waals surface area (Å²) in [5, 5.41) is 5.66. The van der Waals surface area contributed by atoms with Gasteiger partial charge in [-0.15, -0.1) is 0 Å². The van der Waals surface area contributed by atoms with Crippen molar-refractivity contribution in [3.05, 3.63) is 67.6 Å². The molecule has 2 aromatic carbocycles. The lowest BCUT2D eigenvalue weighted by Crippen LogP contribution is -2.19. The molecule has 0 aliphatic rings. The predicted molar refractivity (Wildman–Crippen MR) is 88.2 cm³/mol. The highest BCUT2D eigenvalue weighted by atomic mass is 35.5. The average Bonchev–Trinajstić information content (AvgIpc) is 2.43. The van der Waals surface area contributed by atoms with Crippen LogP contribution in [0.3, 0.4) is 0 Å². The van der Waals surface area contributed by atoms with E-state index in [0.29, 0.717) is 21.6 Å². The molecule has 0 fully saturated rings. The molecule has 0 amide bonds. The van der Waals surface area contributed by atoms with Crippen LogP contribution in [-0.2, 0) is 6.54 Å². The van der Waals surface area contributed by atoms with Gasteiger partial charge in [-0.3, -0.25) is 0 Å². The highest BCUT2D eigenvalue weighted by Gasteiger charge is 2.13. The van der Waals surface area contributed by atoms with Crippen LogP contribution in [0.15, 0.2) is 36.4 Å². The van der Waals surface area contributed by atoms with Gasteiger partial charge in [-0.2, -0.15) is 0 Å². The molecule has 0 aromatic heterocycles. The molecule has 1 atom stereocenters. The summed E-state index contributed by atoms with van der Waals surface area (Å²) in [5.41, 5.74) is 1.82. The van der Waals surface area contributed by atoms with Crippen LogP contribution < -0.4 is 5.32 Å². The SMILES string of the molecule is CC(NCc1c(Cl)ccc(Cl)c1Cl)c1ccccc1Cl. The van der Waals surface area contributed by atoms with Crippen LogP contribution in [0.5, 0.6) is 0 Å². The zero-order valence-corrected chi connectivity index (χ0v) is 13.8. The van der Waals surface area contributed by atoms with Gasteiger partial charge in [-0.05, 0) is 30.7 Å². The largest absolute Gasteiger partial charge is 0.306 e. The van der Waals surface area contributed by atoms with Crippen molar-refractivity contribution in [1.29, 1.82) is 0 Å². The molecule has 0 saturated carbocycles. The van der Waals surface area contributed by atoms with E-state index < -0.39 is 0 Å². The lowest BCUT2D eigenvalue weighted by Gasteiger charge is -2.17. The Bertz CT molecular complexity index is 613. The second-order valence-corrected chi connectivity index (χ2v) is 6.05. The molecule has 0 aliphatic carbocycles. The fraction of sp³-hybridized carbons (Fsp3) is 0.200. The molecule has 0 spiro atoms. The summed E-state index contributed by atoms with van der Waals surface area (Å²) in [5.74, 6) is 0. The summed E-state index contributed by atoms with van der Waals surface area (Å²) in [4.78, 5) is 0. The Morgan fingerprint density at radius 3 is 2.25 bits per heavy atom. The average molecular weight is 349 g/mol. The van der Waals surface area contributed by atoms with Crippen LogP contribution in [0.25, 0.3) is 0 Å². The molecule has 2 rings (SSSR count). The molecular weight excluding hydrogens is 336 g/mol. The molecule has 0 saturated heterocycles. The fourth-order valence-electron chi connectivity index (χ4n) is 1.92. The van der Waals surface area contributed by atoms with E-state index in [1.165, 1.54) is 0 Å². The van der Waals surface area contributed by atoms with Gasteiger partial charge in [0.15, 0.2) is 0 Å². The van der Waals surface area contributed by atoms with Crippen molar-refractivity contribution in [1.82, 2.24) is 5.32 Å². The number of benzene rings is 2. The van der Waals surface area contributed by atoms with E-state index in [1.807, 2.05) is 31.2 Å². The third kappa shape index (κ3) is 3.60. The smallest absolute Gasteiger partial charge is 0.0652 e. The Kier molecular flexibility index (Phi) is 5.59. The second-order valence-electron chi connectivity index (χ2n) is 4.45. The van der Waals surface area contributed by atoms with Crippen LogP contribution in [0.1, 0.15) is 24.1 Å². The molecule has 1 N–H and O–H groups in total. The van der Waals surface area contributed by atoms with Crippen molar-refractivity contribution in [2.75, 3.05) is 0 Å². The third-order valence-corrected chi connectivity index (χ3v) is 4.64. The van der Waals surface area contributed by atoms with Gasteiger partial charge >= 0.3 is 0 Å². The third-order valence-electron chi connectivity index (χ3n) is 3.10. The first-order chi connectivity index (χ1) is 9.50. The monoisotopic (exact) mass is 347 g/mol. The zero-order valence-electron chi connectivity index (χ0n) is 10.8. The van der Waals surface area contributed by atoms with Crippen molar-refractivity contribution < 1.29 is 0 Å². The summed E-state index contributed by atoms with van der Waals surface area (Å²) in [6.45, 7) is 2.55.